The molecule has 19 heavy (non-hydrogen) atoms. The molecule has 1 aromatic carbocycles. The van der Waals surface area contributed by atoms with E-state index in [2.05, 4.69) is 12.2 Å². The van der Waals surface area contributed by atoms with E-state index in [1.54, 1.807) is 12.1 Å². The van der Waals surface area contributed by atoms with Crippen LogP contribution in [0.5, 0.6) is 5.75 Å². The first kappa shape index (κ1) is 14.1. The second-order valence-electron chi connectivity index (χ2n) is 5.74. The molecule has 1 aliphatic rings. The molecule has 3 N–H and O–H groups in total. The van der Waals surface area contributed by atoms with Gasteiger partial charge in [0, 0.05) is 23.8 Å². The maximum atomic E-state index is 13.4. The van der Waals surface area contributed by atoms with Crippen LogP contribution in [0.1, 0.15) is 32.6 Å². The normalized spacial score (nSPS) is 18.5. The van der Waals surface area contributed by atoms with E-state index >= 15 is 0 Å². The zero-order valence-electron chi connectivity index (χ0n) is 11.7. The second-order valence-corrected chi connectivity index (χ2v) is 5.74. The van der Waals surface area contributed by atoms with Gasteiger partial charge in [0.25, 0.3) is 0 Å². The van der Waals surface area contributed by atoms with Crippen molar-refractivity contribution < 1.29 is 9.13 Å². The van der Waals surface area contributed by atoms with Crippen molar-refractivity contribution in [3.63, 3.8) is 0 Å². The van der Waals surface area contributed by atoms with Crippen LogP contribution in [0.15, 0.2) is 18.2 Å². The summed E-state index contributed by atoms with van der Waals surface area (Å²) < 4.78 is 18.4. The third kappa shape index (κ3) is 3.38. The van der Waals surface area contributed by atoms with Crippen molar-refractivity contribution in [1.29, 1.82) is 0 Å². The number of anilines is 1. The Morgan fingerprint density at radius 3 is 2.74 bits per heavy atom. The van der Waals surface area contributed by atoms with Crippen LogP contribution in [0.2, 0.25) is 0 Å². The molecule has 2 rings (SSSR count). The number of nitrogens with one attached hydrogen (secondary N) is 1. The predicted octanol–water partition coefficient (Wildman–Crippen LogP) is 3.15. The molecule has 0 amide bonds. The summed E-state index contributed by atoms with van der Waals surface area (Å²) in [4.78, 5) is 0. The van der Waals surface area contributed by atoms with Crippen LogP contribution in [-0.2, 0) is 0 Å². The fourth-order valence-electron chi connectivity index (χ4n) is 2.61. The van der Waals surface area contributed by atoms with Gasteiger partial charge < -0.3 is 15.8 Å². The van der Waals surface area contributed by atoms with Crippen LogP contribution >= 0.6 is 0 Å². The number of rotatable bonds is 6. The van der Waals surface area contributed by atoms with Gasteiger partial charge in [0.15, 0.2) is 11.6 Å². The molecule has 3 nitrogen and oxygen atoms in total. The van der Waals surface area contributed by atoms with Gasteiger partial charge in [-0.3, -0.25) is 0 Å². The molecule has 0 bridgehead atoms. The number of hydrogen-bond donors (Lipinski definition) is 2. The van der Waals surface area contributed by atoms with Crippen LogP contribution in [0, 0.1) is 11.7 Å². The van der Waals surface area contributed by atoms with Crippen molar-refractivity contribution in [2.75, 3.05) is 19.0 Å². The number of methoxy groups -OCH3 is 1. The van der Waals surface area contributed by atoms with Crippen molar-refractivity contribution in [2.45, 2.75) is 38.1 Å². The molecular weight excluding hydrogens is 243 g/mol. The molecule has 0 saturated heterocycles. The van der Waals surface area contributed by atoms with Gasteiger partial charge in [-0.2, -0.15) is 0 Å². The van der Waals surface area contributed by atoms with Crippen LogP contribution in [0.25, 0.3) is 0 Å². The van der Waals surface area contributed by atoms with Crippen LogP contribution in [0.4, 0.5) is 10.1 Å². The molecule has 0 radical (unpaired) electrons. The topological polar surface area (TPSA) is 47.3 Å². The van der Waals surface area contributed by atoms with E-state index in [-0.39, 0.29) is 17.1 Å². The molecule has 0 aromatic heterocycles. The fourth-order valence-corrected chi connectivity index (χ4v) is 2.61. The van der Waals surface area contributed by atoms with Crippen molar-refractivity contribution in [1.82, 2.24) is 0 Å². The zero-order valence-corrected chi connectivity index (χ0v) is 11.7. The largest absolute Gasteiger partial charge is 0.494 e. The Bertz CT molecular complexity index is 434. The number of hydrogen-bond acceptors (Lipinski definition) is 3. The van der Waals surface area contributed by atoms with E-state index < -0.39 is 0 Å². The Kier molecular flexibility index (Phi) is 4.30. The smallest absolute Gasteiger partial charge is 0.165 e. The van der Waals surface area contributed by atoms with Gasteiger partial charge in [-0.05, 0) is 31.4 Å². The highest BCUT2D eigenvalue weighted by Gasteiger charge is 2.29. The SMILES string of the molecule is COc1cc(NC(C)(CN)CC2CCC2)ccc1F. The molecule has 1 unspecified atom stereocenters. The Morgan fingerprint density at radius 2 is 2.21 bits per heavy atom. The highest BCUT2D eigenvalue weighted by molar-refractivity contribution is 5.50. The average molecular weight is 266 g/mol. The summed E-state index contributed by atoms with van der Waals surface area (Å²) in [5.41, 5.74) is 6.62. The minimum absolute atomic E-state index is 0.145. The van der Waals surface area contributed by atoms with E-state index in [1.165, 1.54) is 32.4 Å². The van der Waals surface area contributed by atoms with E-state index in [1.807, 2.05) is 0 Å². The van der Waals surface area contributed by atoms with Gasteiger partial charge in [0.1, 0.15) is 0 Å². The third-order valence-corrected chi connectivity index (χ3v) is 4.01. The van der Waals surface area contributed by atoms with E-state index in [0.29, 0.717) is 6.54 Å². The van der Waals surface area contributed by atoms with E-state index in [9.17, 15) is 4.39 Å². The maximum Gasteiger partial charge on any atom is 0.165 e. The summed E-state index contributed by atoms with van der Waals surface area (Å²) in [7, 11) is 1.47. The number of ether oxygens (including phenoxy) is 1. The minimum atomic E-state index is -0.346. The molecular formula is C15H23FN2O. The maximum absolute atomic E-state index is 13.4. The summed E-state index contributed by atoms with van der Waals surface area (Å²) in [5.74, 6) is 0.679. The van der Waals surface area contributed by atoms with Crippen molar-refractivity contribution in [2.24, 2.45) is 11.7 Å². The lowest BCUT2D eigenvalue weighted by molar-refractivity contribution is 0.248. The second kappa shape index (κ2) is 5.78. The van der Waals surface area contributed by atoms with Crippen LogP contribution in [-0.4, -0.2) is 19.2 Å². The monoisotopic (exact) mass is 266 g/mol. The quantitative estimate of drug-likeness (QED) is 0.831. The van der Waals surface area contributed by atoms with Crippen LogP contribution in [0.3, 0.4) is 0 Å². The number of benzene rings is 1. The number of halogens is 1. The standard InChI is InChI=1S/C15H23FN2O/c1-15(10-17,9-11-4-3-5-11)18-12-6-7-13(16)14(8-12)19-2/h6-8,11,18H,3-5,9-10,17H2,1-2H3. The fraction of sp³-hybridized carbons (Fsp3) is 0.600. The number of nitrogens with two attached hydrogens (primary N) is 1. The molecule has 1 saturated carbocycles. The summed E-state index contributed by atoms with van der Waals surface area (Å²) in [5, 5.41) is 3.43. The van der Waals surface area contributed by atoms with Crippen LogP contribution < -0.4 is 15.8 Å². The first-order valence-electron chi connectivity index (χ1n) is 6.88. The van der Waals surface area contributed by atoms with Crippen molar-refractivity contribution >= 4 is 5.69 Å². The molecule has 1 fully saturated rings. The summed E-state index contributed by atoms with van der Waals surface area (Å²) in [6.45, 7) is 2.68. The lowest BCUT2D eigenvalue weighted by Crippen LogP contribution is -2.45. The molecule has 1 aromatic rings. The Balaban J connectivity index is 2.08. The zero-order chi connectivity index (χ0) is 13.9. The first-order valence-corrected chi connectivity index (χ1v) is 6.88. The lowest BCUT2D eigenvalue weighted by atomic mass is 9.76. The molecule has 1 atom stereocenters. The van der Waals surface area contributed by atoms with Crippen molar-refractivity contribution in [3.8, 4) is 5.75 Å². The first-order chi connectivity index (χ1) is 9.06. The third-order valence-electron chi connectivity index (χ3n) is 4.01. The van der Waals surface area contributed by atoms with Gasteiger partial charge in [0.2, 0.25) is 0 Å². The lowest BCUT2D eigenvalue weighted by Gasteiger charge is -2.37. The van der Waals surface area contributed by atoms with Gasteiger partial charge in [-0.25, -0.2) is 4.39 Å². The van der Waals surface area contributed by atoms with Gasteiger partial charge in [-0.15, -0.1) is 0 Å². The minimum Gasteiger partial charge on any atom is -0.494 e. The Morgan fingerprint density at radius 1 is 1.47 bits per heavy atom. The van der Waals surface area contributed by atoms with E-state index in [4.69, 9.17) is 10.5 Å². The van der Waals surface area contributed by atoms with E-state index in [0.717, 1.165) is 18.0 Å². The molecule has 0 aliphatic heterocycles. The average Bonchev–Trinajstić information content (AvgIpc) is 2.36. The van der Waals surface area contributed by atoms with Gasteiger partial charge in [0.05, 0.1) is 7.11 Å². The molecule has 0 spiro atoms. The highest BCUT2D eigenvalue weighted by Crippen LogP contribution is 2.35. The Hall–Kier alpha value is -1.29. The van der Waals surface area contributed by atoms with Crippen molar-refractivity contribution in [3.05, 3.63) is 24.0 Å². The molecule has 106 valence electrons. The molecule has 1 aliphatic carbocycles. The molecule has 4 heteroatoms. The highest BCUT2D eigenvalue weighted by atomic mass is 19.1. The Labute approximate surface area is 114 Å². The van der Waals surface area contributed by atoms with Gasteiger partial charge in [-0.1, -0.05) is 19.3 Å². The summed E-state index contributed by atoms with van der Waals surface area (Å²) in [6, 6.07) is 4.83. The predicted molar refractivity (Wildman–Crippen MR) is 76.0 cm³/mol. The summed E-state index contributed by atoms with van der Waals surface area (Å²) >= 11 is 0. The molecule has 0 heterocycles. The van der Waals surface area contributed by atoms with Gasteiger partial charge >= 0.3 is 0 Å². The summed E-state index contributed by atoms with van der Waals surface area (Å²) in [6.07, 6.45) is 4.98.